The molecule has 23 heavy (non-hydrogen) atoms. The monoisotopic (exact) mass is 341 g/mol. The van der Waals surface area contributed by atoms with Gasteiger partial charge in [-0.3, -0.25) is 0 Å². The van der Waals surface area contributed by atoms with Crippen LogP contribution >= 0.6 is 11.8 Å². The van der Waals surface area contributed by atoms with Gasteiger partial charge in [0.2, 0.25) is 0 Å². The van der Waals surface area contributed by atoms with Crippen molar-refractivity contribution in [2.45, 2.75) is 115 Å². The fourth-order valence-electron chi connectivity index (χ4n) is 3.43. The first-order valence-corrected chi connectivity index (χ1v) is 11.3. The minimum atomic E-state index is 0.485. The van der Waals surface area contributed by atoms with Crippen molar-refractivity contribution in [1.82, 2.24) is 0 Å². The molecule has 0 bridgehead atoms. The minimum Gasteiger partial charge on any atom is -0.411 e. The Bertz CT molecular complexity index is 293. The third-order valence-corrected chi connectivity index (χ3v) is 6.40. The molecule has 1 aliphatic carbocycles. The summed E-state index contributed by atoms with van der Waals surface area (Å²) in [5, 5.41) is 13.3. The molecule has 0 aromatic rings. The summed E-state index contributed by atoms with van der Waals surface area (Å²) in [6, 6.07) is 0. The maximum Gasteiger partial charge on any atom is 0.0700 e. The van der Waals surface area contributed by atoms with E-state index in [0.29, 0.717) is 5.25 Å². The highest BCUT2D eigenvalue weighted by Gasteiger charge is 2.18. The molecular weight excluding hydrogens is 302 g/mol. The molecular formula is C20H39NOS. The lowest BCUT2D eigenvalue weighted by molar-refractivity contribution is 0.315. The van der Waals surface area contributed by atoms with Crippen LogP contribution in [0.25, 0.3) is 0 Å². The summed E-state index contributed by atoms with van der Waals surface area (Å²) in [5.74, 6) is 1.24. The lowest BCUT2D eigenvalue weighted by Crippen LogP contribution is -2.19. The summed E-state index contributed by atoms with van der Waals surface area (Å²) in [7, 11) is 0. The molecule has 136 valence electrons. The van der Waals surface area contributed by atoms with E-state index in [2.05, 4.69) is 12.1 Å². The van der Waals surface area contributed by atoms with E-state index >= 15 is 0 Å². The zero-order valence-corrected chi connectivity index (χ0v) is 16.2. The van der Waals surface area contributed by atoms with Crippen molar-refractivity contribution in [3.63, 3.8) is 0 Å². The molecule has 0 unspecified atom stereocenters. The predicted molar refractivity (Wildman–Crippen MR) is 105 cm³/mol. The smallest absolute Gasteiger partial charge is 0.0700 e. The predicted octanol–water partition coefficient (Wildman–Crippen LogP) is 7.19. The Morgan fingerprint density at radius 1 is 0.870 bits per heavy atom. The van der Waals surface area contributed by atoms with Gasteiger partial charge in [-0.15, -0.1) is 0 Å². The van der Waals surface area contributed by atoms with Crippen molar-refractivity contribution in [3.05, 3.63) is 0 Å². The zero-order chi connectivity index (χ0) is 16.6. The Morgan fingerprint density at radius 2 is 1.48 bits per heavy atom. The Labute approximate surface area is 148 Å². The normalized spacial score (nSPS) is 21.3. The maximum absolute atomic E-state index is 9.23. The Kier molecular flexibility index (Phi) is 13.9. The zero-order valence-electron chi connectivity index (χ0n) is 15.4. The number of hydrogen-bond acceptors (Lipinski definition) is 3. The van der Waals surface area contributed by atoms with E-state index < -0.39 is 0 Å². The quantitative estimate of drug-likeness (QED) is 0.231. The summed E-state index contributed by atoms with van der Waals surface area (Å²) in [4.78, 5) is 0. The molecule has 3 heteroatoms. The molecule has 0 radical (unpaired) electrons. The van der Waals surface area contributed by atoms with Crippen molar-refractivity contribution >= 4 is 17.5 Å². The first kappa shape index (κ1) is 20.9. The SMILES string of the molecule is CCCCCCCCCCCCS[C@H]1CCCCCC/C1=N/O. The fraction of sp³-hybridized carbons (Fsp3) is 0.950. The van der Waals surface area contributed by atoms with Gasteiger partial charge < -0.3 is 5.21 Å². The fourth-order valence-corrected chi connectivity index (χ4v) is 4.77. The highest BCUT2D eigenvalue weighted by molar-refractivity contribution is 8.00. The molecule has 1 aliphatic rings. The van der Waals surface area contributed by atoms with Crippen molar-refractivity contribution in [1.29, 1.82) is 0 Å². The molecule has 0 saturated heterocycles. The Balaban J connectivity index is 1.96. The number of unbranched alkanes of at least 4 members (excludes halogenated alkanes) is 9. The highest BCUT2D eigenvalue weighted by Crippen LogP contribution is 2.26. The molecule has 1 fully saturated rings. The molecule has 0 aliphatic heterocycles. The lowest BCUT2D eigenvalue weighted by Gasteiger charge is -2.20. The highest BCUT2D eigenvalue weighted by atomic mass is 32.2. The van der Waals surface area contributed by atoms with Crippen LogP contribution in [0, 0.1) is 0 Å². The average Bonchev–Trinajstić information content (AvgIpc) is 2.54. The third-order valence-electron chi connectivity index (χ3n) is 4.97. The second kappa shape index (κ2) is 15.4. The van der Waals surface area contributed by atoms with E-state index in [1.165, 1.54) is 102 Å². The van der Waals surface area contributed by atoms with Crippen LogP contribution in [0.15, 0.2) is 5.16 Å². The summed E-state index contributed by atoms with van der Waals surface area (Å²) < 4.78 is 0. The molecule has 1 rings (SSSR count). The molecule has 2 nitrogen and oxygen atoms in total. The van der Waals surface area contributed by atoms with Gasteiger partial charge in [0, 0.05) is 5.25 Å². The van der Waals surface area contributed by atoms with E-state index in [9.17, 15) is 5.21 Å². The second-order valence-electron chi connectivity index (χ2n) is 7.09. The summed E-state index contributed by atoms with van der Waals surface area (Å²) in [5.41, 5.74) is 1.06. The molecule has 1 saturated carbocycles. The molecule has 0 aromatic heterocycles. The second-order valence-corrected chi connectivity index (χ2v) is 8.40. The Morgan fingerprint density at radius 3 is 2.13 bits per heavy atom. The van der Waals surface area contributed by atoms with Gasteiger partial charge in [0.1, 0.15) is 0 Å². The molecule has 1 N–H and O–H groups in total. The van der Waals surface area contributed by atoms with Gasteiger partial charge in [-0.2, -0.15) is 11.8 Å². The average molecular weight is 342 g/mol. The van der Waals surface area contributed by atoms with Crippen LogP contribution in [-0.4, -0.2) is 21.9 Å². The van der Waals surface area contributed by atoms with Crippen LogP contribution in [0.1, 0.15) is 110 Å². The van der Waals surface area contributed by atoms with Gasteiger partial charge in [-0.25, -0.2) is 0 Å². The van der Waals surface area contributed by atoms with Gasteiger partial charge in [0.25, 0.3) is 0 Å². The minimum absolute atomic E-state index is 0.485. The molecule has 0 aromatic carbocycles. The van der Waals surface area contributed by atoms with Gasteiger partial charge >= 0.3 is 0 Å². The summed E-state index contributed by atoms with van der Waals surface area (Å²) in [6.45, 7) is 2.28. The van der Waals surface area contributed by atoms with Gasteiger partial charge in [0.15, 0.2) is 0 Å². The number of nitrogens with zero attached hydrogens (tertiary/aromatic N) is 1. The van der Waals surface area contributed by atoms with Gasteiger partial charge in [-0.05, 0) is 31.4 Å². The molecule has 0 spiro atoms. The van der Waals surface area contributed by atoms with Crippen LogP contribution < -0.4 is 0 Å². The Hall–Kier alpha value is -0.180. The van der Waals surface area contributed by atoms with Crippen molar-refractivity contribution in [3.8, 4) is 0 Å². The van der Waals surface area contributed by atoms with Crippen molar-refractivity contribution in [2.24, 2.45) is 5.16 Å². The molecule has 0 amide bonds. The standard InChI is InChI=1S/C20H39NOS/c1-2-3-4-5-6-7-8-9-12-15-18-23-20-17-14-11-10-13-16-19(20)21-22/h20,22H,2-18H2,1H3/b21-19-/t20-/m0/s1. The van der Waals surface area contributed by atoms with E-state index in [4.69, 9.17) is 0 Å². The lowest BCUT2D eigenvalue weighted by atomic mass is 9.99. The van der Waals surface area contributed by atoms with E-state index in [1.54, 1.807) is 0 Å². The van der Waals surface area contributed by atoms with Gasteiger partial charge in [-0.1, -0.05) is 89.1 Å². The van der Waals surface area contributed by atoms with Crippen LogP contribution in [0.3, 0.4) is 0 Å². The van der Waals surface area contributed by atoms with Crippen LogP contribution in [0.4, 0.5) is 0 Å². The maximum atomic E-state index is 9.23. The van der Waals surface area contributed by atoms with E-state index in [1.807, 2.05) is 11.8 Å². The number of hydrogen-bond donors (Lipinski definition) is 1. The number of rotatable bonds is 12. The summed E-state index contributed by atoms with van der Waals surface area (Å²) in [6.07, 6.45) is 21.4. The van der Waals surface area contributed by atoms with Crippen LogP contribution in [0.2, 0.25) is 0 Å². The van der Waals surface area contributed by atoms with E-state index in [0.717, 1.165) is 12.1 Å². The third kappa shape index (κ3) is 11.1. The molecule has 1 atom stereocenters. The van der Waals surface area contributed by atoms with Crippen molar-refractivity contribution < 1.29 is 5.21 Å². The molecule has 0 heterocycles. The van der Waals surface area contributed by atoms with Gasteiger partial charge in [0.05, 0.1) is 5.71 Å². The summed E-state index contributed by atoms with van der Waals surface area (Å²) >= 11 is 2.04. The first-order valence-electron chi connectivity index (χ1n) is 10.2. The largest absolute Gasteiger partial charge is 0.411 e. The van der Waals surface area contributed by atoms with Crippen LogP contribution in [0.5, 0.6) is 0 Å². The van der Waals surface area contributed by atoms with Crippen LogP contribution in [-0.2, 0) is 0 Å². The number of thioether (sulfide) groups is 1. The topological polar surface area (TPSA) is 32.6 Å². The first-order chi connectivity index (χ1) is 11.4. The van der Waals surface area contributed by atoms with E-state index in [-0.39, 0.29) is 0 Å². The van der Waals surface area contributed by atoms with Crippen molar-refractivity contribution in [2.75, 3.05) is 5.75 Å². The number of oxime groups is 1.